The van der Waals surface area contributed by atoms with Crippen molar-refractivity contribution in [3.05, 3.63) is 24.3 Å². The molecule has 1 aliphatic heterocycles. The molecule has 0 spiro atoms. The van der Waals surface area contributed by atoms with Crippen molar-refractivity contribution >= 4 is 61.2 Å². The average molecular weight is 544 g/mol. The summed E-state index contributed by atoms with van der Waals surface area (Å²) >= 11 is 7.24. The van der Waals surface area contributed by atoms with E-state index < -0.39 is 25.0 Å². The Balaban J connectivity index is 1.29. The van der Waals surface area contributed by atoms with E-state index in [0.29, 0.717) is 11.4 Å². The fourth-order valence-electron chi connectivity index (χ4n) is 4.76. The molecule has 3 aliphatic rings. The van der Waals surface area contributed by atoms with Crippen molar-refractivity contribution in [2.24, 2.45) is 23.7 Å². The predicted molar refractivity (Wildman–Crippen MR) is 113 cm³/mol. The summed E-state index contributed by atoms with van der Waals surface area (Å²) in [7, 11) is 1.54. The highest BCUT2D eigenvalue weighted by atomic mass is 79.9. The molecule has 1 aromatic carbocycles. The first-order valence-electron chi connectivity index (χ1n) is 9.54. The molecule has 30 heavy (non-hydrogen) atoms. The maximum atomic E-state index is 12.8. The Kier molecular flexibility index (Phi) is 5.89. The summed E-state index contributed by atoms with van der Waals surface area (Å²) < 4.78 is 10.0. The maximum Gasteiger partial charge on any atom is 0.326 e. The minimum atomic E-state index is -0.792. The Morgan fingerprint density at radius 1 is 1.07 bits per heavy atom. The van der Waals surface area contributed by atoms with Crippen molar-refractivity contribution in [2.75, 3.05) is 25.6 Å². The number of nitrogens with zero attached hydrogens (tertiary/aromatic N) is 1. The second-order valence-electron chi connectivity index (χ2n) is 7.70. The van der Waals surface area contributed by atoms with E-state index in [-0.39, 0.29) is 45.1 Å². The molecule has 160 valence electrons. The average Bonchev–Trinajstić information content (AvgIpc) is 3.34. The van der Waals surface area contributed by atoms with Gasteiger partial charge in [0.05, 0.1) is 18.9 Å². The molecule has 2 aliphatic carbocycles. The number of imide groups is 1. The van der Waals surface area contributed by atoms with Gasteiger partial charge in [0.15, 0.2) is 6.61 Å². The Bertz CT molecular complexity index is 860. The van der Waals surface area contributed by atoms with Gasteiger partial charge in [-0.1, -0.05) is 31.9 Å². The van der Waals surface area contributed by atoms with Crippen LogP contribution in [0.15, 0.2) is 24.3 Å². The van der Waals surface area contributed by atoms with E-state index in [1.807, 2.05) is 0 Å². The van der Waals surface area contributed by atoms with Crippen LogP contribution >= 0.6 is 31.9 Å². The highest BCUT2D eigenvalue weighted by molar-refractivity contribution is 9.12. The zero-order valence-electron chi connectivity index (χ0n) is 16.0. The largest absolute Gasteiger partial charge is 0.497 e. The van der Waals surface area contributed by atoms with Crippen LogP contribution in [0.4, 0.5) is 5.69 Å². The van der Waals surface area contributed by atoms with Gasteiger partial charge in [-0.15, -0.1) is 0 Å². The number of hydrogen-bond acceptors (Lipinski definition) is 6. The van der Waals surface area contributed by atoms with Crippen LogP contribution in [0.25, 0.3) is 0 Å². The van der Waals surface area contributed by atoms with Gasteiger partial charge in [-0.3, -0.25) is 24.1 Å². The van der Waals surface area contributed by atoms with E-state index in [9.17, 15) is 19.2 Å². The summed E-state index contributed by atoms with van der Waals surface area (Å²) in [6.45, 7) is -0.980. The summed E-state index contributed by atoms with van der Waals surface area (Å²) in [5.41, 5.74) is 0.527. The lowest BCUT2D eigenvalue weighted by atomic mass is 9.81. The van der Waals surface area contributed by atoms with Crippen molar-refractivity contribution in [1.29, 1.82) is 0 Å². The normalized spacial score (nSPS) is 31.6. The fourth-order valence-corrected chi connectivity index (χ4v) is 6.63. The van der Waals surface area contributed by atoms with Crippen molar-refractivity contribution in [2.45, 2.75) is 16.1 Å². The number of likely N-dealkylation sites (tertiary alicyclic amines) is 1. The summed E-state index contributed by atoms with van der Waals surface area (Å²) in [6.07, 6.45) is 0.822. The first-order valence-corrected chi connectivity index (χ1v) is 11.4. The predicted octanol–water partition coefficient (Wildman–Crippen LogP) is 1.95. The number of rotatable bonds is 6. The molecule has 1 saturated heterocycles. The van der Waals surface area contributed by atoms with Gasteiger partial charge in [0.2, 0.25) is 11.8 Å². The number of esters is 1. The van der Waals surface area contributed by atoms with Gasteiger partial charge in [0.25, 0.3) is 5.91 Å². The molecule has 6 atom stereocenters. The van der Waals surface area contributed by atoms with Gasteiger partial charge in [0.1, 0.15) is 12.3 Å². The standard InChI is InChI=1S/C20H20Br2N2O6/c1-29-10-4-2-9(3-5-10)23-13(25)8-30-14(26)7-24-19(27)15-11-6-12(16(15)20(24)28)18(22)17(11)21/h2-5,11-12,15-18H,6-8H2,1H3,(H,23,25)/t11-,12-,15-,16-,17-,18+/m1/s1. The first kappa shape index (κ1) is 21.3. The minimum Gasteiger partial charge on any atom is -0.497 e. The molecule has 2 bridgehead atoms. The lowest BCUT2D eigenvalue weighted by Crippen LogP contribution is -2.38. The van der Waals surface area contributed by atoms with Crippen LogP contribution in [-0.4, -0.2) is 58.5 Å². The smallest absolute Gasteiger partial charge is 0.326 e. The number of nitrogens with one attached hydrogen (secondary N) is 1. The van der Waals surface area contributed by atoms with Crippen molar-refractivity contribution < 1.29 is 28.7 Å². The van der Waals surface area contributed by atoms with Crippen LogP contribution in [-0.2, 0) is 23.9 Å². The van der Waals surface area contributed by atoms with E-state index in [1.165, 1.54) is 7.11 Å². The highest BCUT2D eigenvalue weighted by Gasteiger charge is 2.66. The third-order valence-corrected chi connectivity index (χ3v) is 9.31. The Hall–Kier alpha value is -1.94. The number of ether oxygens (including phenoxy) is 2. The Morgan fingerprint density at radius 2 is 1.63 bits per heavy atom. The number of fused-ring (bicyclic) bond motifs is 5. The quantitative estimate of drug-likeness (QED) is 0.334. The molecule has 0 unspecified atom stereocenters. The summed E-state index contributed by atoms with van der Waals surface area (Å²) in [4.78, 5) is 51.0. The molecular weight excluding hydrogens is 524 g/mol. The molecule has 1 heterocycles. The van der Waals surface area contributed by atoms with E-state index in [4.69, 9.17) is 9.47 Å². The number of benzene rings is 1. The van der Waals surface area contributed by atoms with Crippen LogP contribution in [0.3, 0.4) is 0 Å². The maximum absolute atomic E-state index is 12.8. The molecular formula is C20H20Br2N2O6. The van der Waals surface area contributed by atoms with Crippen molar-refractivity contribution in [3.8, 4) is 5.75 Å². The second kappa shape index (κ2) is 8.30. The minimum absolute atomic E-state index is 0.0807. The SMILES string of the molecule is COc1ccc(NC(=O)COC(=O)CN2C(=O)[C@@H]3[C@H]4C[C@@H]([C@@H](Br)[C@H]4Br)[C@H]3C2=O)cc1. The van der Waals surface area contributed by atoms with E-state index in [2.05, 4.69) is 37.2 Å². The summed E-state index contributed by atoms with van der Waals surface area (Å²) in [5, 5.41) is 2.59. The summed E-state index contributed by atoms with van der Waals surface area (Å²) in [5.74, 6) is -1.91. The Labute approximate surface area is 189 Å². The third kappa shape index (κ3) is 3.64. The van der Waals surface area contributed by atoms with Crippen LogP contribution in [0.2, 0.25) is 0 Å². The number of amides is 3. The molecule has 3 fully saturated rings. The molecule has 0 aromatic heterocycles. The van der Waals surface area contributed by atoms with Crippen molar-refractivity contribution in [3.63, 3.8) is 0 Å². The molecule has 1 N–H and O–H groups in total. The van der Waals surface area contributed by atoms with Gasteiger partial charge < -0.3 is 14.8 Å². The van der Waals surface area contributed by atoms with E-state index >= 15 is 0 Å². The molecule has 10 heteroatoms. The van der Waals surface area contributed by atoms with E-state index in [0.717, 1.165) is 11.3 Å². The highest BCUT2D eigenvalue weighted by Crippen LogP contribution is 2.60. The van der Waals surface area contributed by atoms with Gasteiger partial charge in [-0.05, 0) is 42.5 Å². The molecule has 4 rings (SSSR count). The zero-order valence-corrected chi connectivity index (χ0v) is 19.2. The van der Waals surface area contributed by atoms with Crippen molar-refractivity contribution in [1.82, 2.24) is 4.90 Å². The number of alkyl halides is 2. The van der Waals surface area contributed by atoms with Gasteiger partial charge in [0, 0.05) is 15.3 Å². The lowest BCUT2D eigenvalue weighted by Gasteiger charge is -2.28. The molecule has 3 amide bonds. The fraction of sp³-hybridized carbons (Fsp3) is 0.500. The van der Waals surface area contributed by atoms with Gasteiger partial charge >= 0.3 is 5.97 Å². The lowest BCUT2D eigenvalue weighted by molar-refractivity contribution is -0.154. The van der Waals surface area contributed by atoms with Crippen LogP contribution in [0.5, 0.6) is 5.75 Å². The number of hydrogen-bond donors (Lipinski definition) is 1. The Morgan fingerprint density at radius 3 is 2.17 bits per heavy atom. The topological polar surface area (TPSA) is 102 Å². The summed E-state index contributed by atoms with van der Waals surface area (Å²) in [6, 6.07) is 6.68. The third-order valence-electron chi connectivity index (χ3n) is 6.10. The second-order valence-corrected chi connectivity index (χ2v) is 9.82. The molecule has 0 radical (unpaired) electrons. The van der Waals surface area contributed by atoms with Crippen LogP contribution in [0, 0.1) is 23.7 Å². The van der Waals surface area contributed by atoms with E-state index in [1.54, 1.807) is 24.3 Å². The monoisotopic (exact) mass is 542 g/mol. The van der Waals surface area contributed by atoms with Crippen LogP contribution < -0.4 is 10.1 Å². The van der Waals surface area contributed by atoms with Crippen LogP contribution in [0.1, 0.15) is 6.42 Å². The number of carbonyl (C=O) groups is 4. The number of methoxy groups -OCH3 is 1. The zero-order chi connectivity index (χ0) is 21.6. The number of carbonyl (C=O) groups excluding carboxylic acids is 4. The molecule has 8 nitrogen and oxygen atoms in total. The number of anilines is 1. The van der Waals surface area contributed by atoms with Gasteiger partial charge in [-0.25, -0.2) is 0 Å². The first-order chi connectivity index (χ1) is 14.3. The van der Waals surface area contributed by atoms with Gasteiger partial charge in [-0.2, -0.15) is 0 Å². The molecule has 2 saturated carbocycles. The molecule has 1 aromatic rings. The number of halogens is 2.